The molecule has 4 aromatic rings. The molecule has 0 saturated heterocycles. The molecule has 1 saturated carbocycles. The van der Waals surface area contributed by atoms with Crippen molar-refractivity contribution in [2.75, 3.05) is 12.3 Å². The molecule has 2 heterocycles. The second-order valence-corrected chi connectivity index (χ2v) is 13.7. The summed E-state index contributed by atoms with van der Waals surface area (Å²) in [7, 11) is 0. The molecule has 47 heavy (non-hydrogen) atoms. The summed E-state index contributed by atoms with van der Waals surface area (Å²) in [5, 5.41) is 32.5. The van der Waals surface area contributed by atoms with Crippen molar-refractivity contribution in [1.82, 2.24) is 9.97 Å². The Kier molecular flexibility index (Phi) is 12.8. The molecule has 7 nitrogen and oxygen atoms in total. The molecule has 0 spiro atoms. The van der Waals surface area contributed by atoms with Crippen LogP contribution in [-0.2, 0) is 19.3 Å². The van der Waals surface area contributed by atoms with Crippen molar-refractivity contribution in [1.29, 1.82) is 0 Å². The second-order valence-electron chi connectivity index (χ2n) is 13.7. The van der Waals surface area contributed by atoms with Gasteiger partial charge in [0.25, 0.3) is 0 Å². The Hall–Kier alpha value is -3.81. The maximum absolute atomic E-state index is 11.1. The predicted octanol–water partition coefficient (Wildman–Crippen LogP) is 7.24. The number of aryl methyl sites for hydroxylation is 1. The number of aliphatic hydroxyl groups is 2. The number of phenols is 1. The van der Waals surface area contributed by atoms with Gasteiger partial charge in [0.2, 0.25) is 0 Å². The van der Waals surface area contributed by atoms with Crippen LogP contribution >= 0.6 is 0 Å². The second kappa shape index (κ2) is 17.4. The van der Waals surface area contributed by atoms with Gasteiger partial charge in [-0.05, 0) is 122 Å². The first-order chi connectivity index (χ1) is 22.8. The number of hydrogen-bond acceptors (Lipinski definition) is 6. The third kappa shape index (κ3) is 10.6. The lowest BCUT2D eigenvalue weighted by atomic mass is 9.83. The van der Waals surface area contributed by atoms with E-state index >= 15 is 0 Å². The molecule has 1 aliphatic rings. The van der Waals surface area contributed by atoms with E-state index in [1.807, 2.05) is 36.4 Å². The lowest BCUT2D eigenvalue weighted by Gasteiger charge is -2.25. The molecule has 6 unspecified atom stereocenters. The Labute approximate surface area is 280 Å². The van der Waals surface area contributed by atoms with E-state index in [0.29, 0.717) is 55.7 Å². The monoisotopic (exact) mass is 638 g/mol. The predicted molar refractivity (Wildman–Crippen MR) is 187 cm³/mol. The smallest absolute Gasteiger partial charge is 0.161 e. The highest BCUT2D eigenvalue weighted by atomic mass is 16.5. The summed E-state index contributed by atoms with van der Waals surface area (Å²) in [5.41, 5.74) is 10.4. The van der Waals surface area contributed by atoms with E-state index in [2.05, 4.69) is 47.2 Å². The van der Waals surface area contributed by atoms with E-state index in [1.165, 1.54) is 12.0 Å². The SMILES string of the molecule is CC(Cc1ccccc1)C1CCCC(C(O)CC(O)CCc2ccc(O)c(OCCC(Cc3ccc[n-]3)c3ccnc(N)c3)c2)CC1. The molecule has 6 atom stereocenters. The van der Waals surface area contributed by atoms with Crippen molar-refractivity contribution < 1.29 is 20.1 Å². The zero-order valence-corrected chi connectivity index (χ0v) is 27.8. The van der Waals surface area contributed by atoms with Gasteiger partial charge in [-0.1, -0.05) is 68.3 Å². The van der Waals surface area contributed by atoms with Crippen molar-refractivity contribution in [3.63, 3.8) is 0 Å². The molecule has 5 rings (SSSR count). The van der Waals surface area contributed by atoms with E-state index in [0.717, 1.165) is 55.3 Å². The third-order valence-corrected chi connectivity index (χ3v) is 10.2. The van der Waals surface area contributed by atoms with Crippen LogP contribution < -0.4 is 15.5 Å². The Bertz CT molecular complexity index is 1480. The summed E-state index contributed by atoms with van der Waals surface area (Å²) in [5.74, 6) is 2.71. The van der Waals surface area contributed by atoms with Gasteiger partial charge in [-0.2, -0.15) is 11.9 Å². The molecule has 0 bridgehead atoms. The average Bonchev–Trinajstić information content (AvgIpc) is 3.45. The zero-order valence-electron chi connectivity index (χ0n) is 27.8. The first kappa shape index (κ1) is 34.5. The number of phenolic OH excluding ortho intramolecular Hbond substituents is 1. The normalized spacial score (nSPS) is 19.4. The summed E-state index contributed by atoms with van der Waals surface area (Å²) in [6, 6.07) is 24.0. The van der Waals surface area contributed by atoms with Gasteiger partial charge in [0, 0.05) is 6.20 Å². The van der Waals surface area contributed by atoms with Crippen LogP contribution in [0.4, 0.5) is 5.82 Å². The summed E-state index contributed by atoms with van der Waals surface area (Å²) < 4.78 is 6.08. The van der Waals surface area contributed by atoms with Gasteiger partial charge in [0.15, 0.2) is 11.5 Å². The number of hydrogen-bond donors (Lipinski definition) is 4. The van der Waals surface area contributed by atoms with Crippen LogP contribution in [-0.4, -0.2) is 39.1 Å². The first-order valence-corrected chi connectivity index (χ1v) is 17.5. The van der Waals surface area contributed by atoms with Crippen molar-refractivity contribution in [3.05, 3.63) is 108 Å². The Morgan fingerprint density at radius 2 is 1.70 bits per heavy atom. The lowest BCUT2D eigenvalue weighted by Crippen LogP contribution is -2.26. The van der Waals surface area contributed by atoms with Crippen LogP contribution in [0.2, 0.25) is 0 Å². The third-order valence-electron chi connectivity index (χ3n) is 10.2. The Balaban J connectivity index is 1.07. The summed E-state index contributed by atoms with van der Waals surface area (Å²) in [6.07, 6.45) is 12.1. The zero-order chi connectivity index (χ0) is 33.0. The number of anilines is 1. The molecular weight excluding hydrogens is 586 g/mol. The van der Waals surface area contributed by atoms with E-state index in [1.54, 1.807) is 18.5 Å². The first-order valence-electron chi connectivity index (χ1n) is 17.5. The minimum atomic E-state index is -0.586. The molecule has 7 heteroatoms. The minimum absolute atomic E-state index is 0.0943. The Morgan fingerprint density at radius 3 is 2.49 bits per heavy atom. The number of pyridine rings is 1. The van der Waals surface area contributed by atoms with Gasteiger partial charge in [-0.25, -0.2) is 4.98 Å². The van der Waals surface area contributed by atoms with Crippen molar-refractivity contribution in [2.24, 2.45) is 17.8 Å². The van der Waals surface area contributed by atoms with Crippen LogP contribution in [0.1, 0.15) is 86.6 Å². The number of aliphatic hydroxyl groups excluding tert-OH is 2. The largest absolute Gasteiger partial charge is 0.668 e. The molecule has 5 N–H and O–H groups in total. The number of nitrogens with two attached hydrogens (primary N) is 1. The summed E-state index contributed by atoms with van der Waals surface area (Å²) in [4.78, 5) is 8.56. The van der Waals surface area contributed by atoms with Crippen molar-refractivity contribution >= 4 is 5.82 Å². The van der Waals surface area contributed by atoms with Crippen LogP contribution in [0.5, 0.6) is 11.5 Å². The number of aromatic hydroxyl groups is 1. The number of nitrogens with zero attached hydrogens (tertiary/aromatic N) is 2. The van der Waals surface area contributed by atoms with Crippen LogP contribution in [0, 0.1) is 17.8 Å². The van der Waals surface area contributed by atoms with E-state index < -0.39 is 12.2 Å². The molecule has 0 aliphatic heterocycles. The molecule has 2 aromatic carbocycles. The molecule has 1 fully saturated rings. The lowest BCUT2D eigenvalue weighted by molar-refractivity contribution is 0.0350. The van der Waals surface area contributed by atoms with Gasteiger partial charge < -0.3 is 30.8 Å². The van der Waals surface area contributed by atoms with Gasteiger partial charge in [-0.15, -0.1) is 0 Å². The highest BCUT2D eigenvalue weighted by Gasteiger charge is 2.28. The number of aromatic nitrogens is 2. The molecule has 0 amide bonds. The number of ether oxygens (including phenoxy) is 1. The van der Waals surface area contributed by atoms with Gasteiger partial charge in [0.05, 0.1) is 18.8 Å². The maximum atomic E-state index is 11.1. The van der Waals surface area contributed by atoms with Crippen molar-refractivity contribution in [3.8, 4) is 11.5 Å². The van der Waals surface area contributed by atoms with Crippen LogP contribution in [0.15, 0.2) is 85.2 Å². The number of rotatable bonds is 16. The number of benzene rings is 2. The van der Waals surface area contributed by atoms with E-state index in [9.17, 15) is 15.3 Å². The fourth-order valence-corrected chi connectivity index (χ4v) is 7.34. The maximum Gasteiger partial charge on any atom is 0.161 e. The molecular formula is C40H52N3O4-. The molecule has 0 radical (unpaired) electrons. The minimum Gasteiger partial charge on any atom is -0.668 e. The number of nitrogen functional groups attached to an aromatic ring is 1. The average molecular weight is 639 g/mol. The standard InChI is InChI=1S/C40H52N3O4/c1-28(23-29-7-3-2-4-8-29)31-9-5-10-32(15-14-31)38(46)27-36(44)16-12-30-13-17-37(45)39(24-30)47-22-19-34(25-35-11-6-20-42-35)33-18-21-43-40(41)26-33/h2-4,6-8,11,13,17-18,20-21,24,26,28,31-32,34,36,38,44-46H,5,9-10,12,14-16,19,22-23,25,27H2,1H3,(H2,41,43)/q-1. The molecule has 1 aliphatic carbocycles. The quantitative estimate of drug-likeness (QED) is 0.0954. The van der Waals surface area contributed by atoms with E-state index in [4.69, 9.17) is 10.5 Å². The van der Waals surface area contributed by atoms with Crippen molar-refractivity contribution in [2.45, 2.75) is 95.7 Å². The highest BCUT2D eigenvalue weighted by Crippen LogP contribution is 2.36. The van der Waals surface area contributed by atoms with Crippen LogP contribution in [0.25, 0.3) is 0 Å². The van der Waals surface area contributed by atoms with E-state index in [-0.39, 0.29) is 17.6 Å². The highest BCUT2D eigenvalue weighted by molar-refractivity contribution is 5.42. The Morgan fingerprint density at radius 1 is 0.894 bits per heavy atom. The fraction of sp³-hybridized carbons (Fsp3) is 0.475. The fourth-order valence-electron chi connectivity index (χ4n) is 7.34. The molecule has 252 valence electrons. The molecule has 2 aromatic heterocycles. The summed E-state index contributed by atoms with van der Waals surface area (Å²) in [6.45, 7) is 2.78. The van der Waals surface area contributed by atoms with Gasteiger partial charge in [-0.3, -0.25) is 0 Å². The summed E-state index contributed by atoms with van der Waals surface area (Å²) >= 11 is 0. The van der Waals surface area contributed by atoms with Gasteiger partial charge in [0.1, 0.15) is 5.82 Å². The van der Waals surface area contributed by atoms with Gasteiger partial charge >= 0.3 is 0 Å². The van der Waals surface area contributed by atoms with Crippen LogP contribution in [0.3, 0.4) is 0 Å². The topological polar surface area (TPSA) is 123 Å².